The highest BCUT2D eigenvalue weighted by atomic mass is 16.5. The lowest BCUT2D eigenvalue weighted by molar-refractivity contribution is -0.0363. The van der Waals surface area contributed by atoms with Crippen LogP contribution in [-0.4, -0.2) is 26.4 Å². The molecule has 1 aliphatic carbocycles. The van der Waals surface area contributed by atoms with Crippen LogP contribution in [0.2, 0.25) is 0 Å². The molecule has 0 saturated heterocycles. The van der Waals surface area contributed by atoms with E-state index >= 15 is 0 Å². The Balaban J connectivity index is 1.82. The first-order valence-electron chi connectivity index (χ1n) is 7.18. The van der Waals surface area contributed by atoms with Crippen molar-refractivity contribution >= 4 is 0 Å². The lowest BCUT2D eigenvalue weighted by Gasteiger charge is -2.28. The van der Waals surface area contributed by atoms with Crippen LogP contribution in [0.1, 0.15) is 36.8 Å². The van der Waals surface area contributed by atoms with Gasteiger partial charge in [0, 0.05) is 13.7 Å². The molecule has 0 bridgehead atoms. The maximum atomic E-state index is 6.03. The summed E-state index contributed by atoms with van der Waals surface area (Å²) in [5, 5.41) is 3.17. The van der Waals surface area contributed by atoms with Crippen LogP contribution in [0, 0.1) is 0 Å². The number of methoxy groups -OCH3 is 1. The Kier molecular flexibility index (Phi) is 5.83. The largest absolute Gasteiger partial charge is 0.381 e. The van der Waals surface area contributed by atoms with Gasteiger partial charge in [0.15, 0.2) is 0 Å². The molecule has 106 valence electrons. The van der Waals surface area contributed by atoms with Gasteiger partial charge < -0.3 is 14.8 Å². The van der Waals surface area contributed by atoms with Crippen molar-refractivity contribution in [2.24, 2.45) is 0 Å². The Labute approximate surface area is 116 Å². The zero-order valence-corrected chi connectivity index (χ0v) is 12.0. The summed E-state index contributed by atoms with van der Waals surface area (Å²) < 4.78 is 11.5. The summed E-state index contributed by atoms with van der Waals surface area (Å²) in [5.41, 5.74) is 2.56. The average Bonchev–Trinajstić information content (AvgIpc) is 2.46. The number of nitrogens with one attached hydrogen (secondary N) is 1. The third-order valence-corrected chi connectivity index (χ3v) is 3.77. The third kappa shape index (κ3) is 4.60. The fourth-order valence-corrected chi connectivity index (χ4v) is 2.72. The van der Waals surface area contributed by atoms with E-state index in [1.165, 1.54) is 24.0 Å². The van der Waals surface area contributed by atoms with E-state index in [2.05, 4.69) is 29.6 Å². The first-order valence-corrected chi connectivity index (χ1v) is 7.18. The van der Waals surface area contributed by atoms with Crippen molar-refractivity contribution in [3.8, 4) is 0 Å². The highest BCUT2D eigenvalue weighted by molar-refractivity contribution is 5.22. The number of hydrogen-bond donors (Lipinski definition) is 1. The van der Waals surface area contributed by atoms with Crippen molar-refractivity contribution < 1.29 is 9.47 Å². The van der Waals surface area contributed by atoms with Gasteiger partial charge in [-0.05, 0) is 43.9 Å². The van der Waals surface area contributed by atoms with Gasteiger partial charge in [0.2, 0.25) is 0 Å². The zero-order chi connectivity index (χ0) is 13.5. The van der Waals surface area contributed by atoms with Crippen LogP contribution in [0.3, 0.4) is 0 Å². The van der Waals surface area contributed by atoms with Crippen LogP contribution >= 0.6 is 0 Å². The first-order chi connectivity index (χ1) is 9.31. The Hall–Kier alpha value is -0.900. The van der Waals surface area contributed by atoms with Gasteiger partial charge in [-0.1, -0.05) is 24.3 Å². The minimum Gasteiger partial charge on any atom is -0.381 e. The highest BCUT2D eigenvalue weighted by Gasteiger charge is 2.22. The van der Waals surface area contributed by atoms with Gasteiger partial charge in [-0.3, -0.25) is 0 Å². The number of ether oxygens (including phenoxy) is 2. The average molecular weight is 263 g/mol. The Morgan fingerprint density at radius 1 is 1.21 bits per heavy atom. The van der Waals surface area contributed by atoms with Crippen molar-refractivity contribution in [3.63, 3.8) is 0 Å². The van der Waals surface area contributed by atoms with Crippen molar-refractivity contribution in [2.75, 3.05) is 14.2 Å². The fraction of sp³-hybridized carbons (Fsp3) is 0.625. The molecule has 0 aliphatic heterocycles. The molecular weight excluding hydrogens is 238 g/mol. The topological polar surface area (TPSA) is 30.5 Å². The van der Waals surface area contributed by atoms with Crippen LogP contribution < -0.4 is 5.32 Å². The standard InChI is InChI=1S/C16H25NO2/c1-17-11-13-5-3-6-14(9-13)12-19-16-8-4-7-15(10-16)18-2/h3,5-6,9,15-17H,4,7-8,10-12H2,1-2H3. The highest BCUT2D eigenvalue weighted by Crippen LogP contribution is 2.24. The third-order valence-electron chi connectivity index (χ3n) is 3.77. The van der Waals surface area contributed by atoms with E-state index in [1.54, 1.807) is 7.11 Å². The molecule has 0 heterocycles. The van der Waals surface area contributed by atoms with Crippen molar-refractivity contribution in [3.05, 3.63) is 35.4 Å². The summed E-state index contributed by atoms with van der Waals surface area (Å²) in [5.74, 6) is 0. The maximum absolute atomic E-state index is 6.03. The Morgan fingerprint density at radius 3 is 2.79 bits per heavy atom. The molecule has 2 atom stereocenters. The van der Waals surface area contributed by atoms with Gasteiger partial charge >= 0.3 is 0 Å². The van der Waals surface area contributed by atoms with Gasteiger partial charge in [0.1, 0.15) is 0 Å². The van der Waals surface area contributed by atoms with Gasteiger partial charge in [0.05, 0.1) is 18.8 Å². The predicted octanol–water partition coefficient (Wildman–Crippen LogP) is 2.88. The second-order valence-corrected chi connectivity index (χ2v) is 5.31. The molecule has 1 fully saturated rings. The maximum Gasteiger partial charge on any atom is 0.0720 e. The lowest BCUT2D eigenvalue weighted by Crippen LogP contribution is -2.27. The quantitative estimate of drug-likeness (QED) is 0.856. The van der Waals surface area contributed by atoms with Gasteiger partial charge in [-0.25, -0.2) is 0 Å². The Morgan fingerprint density at radius 2 is 2.00 bits per heavy atom. The summed E-state index contributed by atoms with van der Waals surface area (Å²) in [6, 6.07) is 8.59. The van der Waals surface area contributed by atoms with Crippen LogP contribution in [0.4, 0.5) is 0 Å². The molecule has 2 unspecified atom stereocenters. The lowest BCUT2D eigenvalue weighted by atomic mass is 9.95. The van der Waals surface area contributed by atoms with Crippen LogP contribution in [-0.2, 0) is 22.6 Å². The molecule has 3 nitrogen and oxygen atoms in total. The minimum atomic E-state index is 0.353. The molecule has 3 heteroatoms. The van der Waals surface area contributed by atoms with Gasteiger partial charge in [0.25, 0.3) is 0 Å². The fourth-order valence-electron chi connectivity index (χ4n) is 2.72. The van der Waals surface area contributed by atoms with Gasteiger partial charge in [-0.15, -0.1) is 0 Å². The first kappa shape index (κ1) is 14.5. The van der Waals surface area contributed by atoms with Crippen LogP contribution in [0.5, 0.6) is 0 Å². The van der Waals surface area contributed by atoms with Crippen LogP contribution in [0.15, 0.2) is 24.3 Å². The van der Waals surface area contributed by atoms with E-state index < -0.39 is 0 Å². The SMILES string of the molecule is CNCc1cccc(COC2CCCC(OC)C2)c1. The molecule has 1 aromatic rings. The molecule has 0 spiro atoms. The number of rotatable bonds is 6. The van der Waals surface area contributed by atoms with E-state index in [-0.39, 0.29) is 0 Å². The molecule has 19 heavy (non-hydrogen) atoms. The van der Waals surface area contributed by atoms with E-state index in [0.717, 1.165) is 19.4 Å². The van der Waals surface area contributed by atoms with Crippen molar-refractivity contribution in [1.82, 2.24) is 5.32 Å². The molecule has 2 rings (SSSR count). The second kappa shape index (κ2) is 7.63. The molecule has 0 radical (unpaired) electrons. The molecule has 1 N–H and O–H groups in total. The van der Waals surface area contributed by atoms with E-state index in [4.69, 9.17) is 9.47 Å². The number of hydrogen-bond acceptors (Lipinski definition) is 3. The molecule has 0 aromatic heterocycles. The smallest absolute Gasteiger partial charge is 0.0720 e. The number of benzene rings is 1. The van der Waals surface area contributed by atoms with Crippen molar-refractivity contribution in [2.45, 2.75) is 51.0 Å². The summed E-state index contributed by atoms with van der Waals surface area (Å²) >= 11 is 0. The predicted molar refractivity (Wildman–Crippen MR) is 77.0 cm³/mol. The van der Waals surface area contributed by atoms with Gasteiger partial charge in [-0.2, -0.15) is 0 Å². The van der Waals surface area contributed by atoms with E-state index in [1.807, 2.05) is 7.05 Å². The van der Waals surface area contributed by atoms with E-state index in [0.29, 0.717) is 18.8 Å². The summed E-state index contributed by atoms with van der Waals surface area (Å²) in [7, 11) is 3.77. The monoisotopic (exact) mass is 263 g/mol. The second-order valence-electron chi connectivity index (χ2n) is 5.31. The zero-order valence-electron chi connectivity index (χ0n) is 12.0. The minimum absolute atomic E-state index is 0.353. The van der Waals surface area contributed by atoms with Crippen LogP contribution in [0.25, 0.3) is 0 Å². The molecule has 1 aliphatic rings. The normalized spacial score (nSPS) is 23.5. The molecular formula is C16H25NO2. The summed E-state index contributed by atoms with van der Waals surface area (Å²) in [6.07, 6.45) is 5.32. The summed E-state index contributed by atoms with van der Waals surface area (Å²) in [4.78, 5) is 0. The molecule has 1 aromatic carbocycles. The van der Waals surface area contributed by atoms with Crippen molar-refractivity contribution in [1.29, 1.82) is 0 Å². The molecule has 1 saturated carbocycles. The summed E-state index contributed by atoms with van der Waals surface area (Å²) in [6.45, 7) is 1.61. The Bertz CT molecular complexity index is 381. The van der Waals surface area contributed by atoms with E-state index in [9.17, 15) is 0 Å². The molecule has 0 amide bonds.